The van der Waals surface area contributed by atoms with Crippen LogP contribution in [0.5, 0.6) is 0 Å². The molecular weight excluding hydrogens is 322 g/mol. The first kappa shape index (κ1) is 15.0. The first-order valence-electron chi connectivity index (χ1n) is 6.88. The molecule has 1 aliphatic heterocycles. The molecule has 2 rings (SSSR count). The second kappa shape index (κ2) is 6.88. The molecule has 1 aromatic heterocycles. The van der Waals surface area contributed by atoms with E-state index in [0.717, 1.165) is 42.8 Å². The van der Waals surface area contributed by atoms with E-state index in [4.69, 9.17) is 0 Å². The van der Waals surface area contributed by atoms with Crippen molar-refractivity contribution in [3.8, 4) is 0 Å². The summed E-state index contributed by atoms with van der Waals surface area (Å²) in [6, 6.07) is 0. The maximum absolute atomic E-state index is 11.6. The number of carbonyl (C=O) groups excluding carboxylic acids is 1. The van der Waals surface area contributed by atoms with Crippen LogP contribution in [0.2, 0.25) is 0 Å². The van der Waals surface area contributed by atoms with Crippen molar-refractivity contribution in [3.63, 3.8) is 0 Å². The number of piperidine rings is 1. The Bertz CT molecular complexity index is 474. The van der Waals surface area contributed by atoms with Crippen molar-refractivity contribution in [1.29, 1.82) is 0 Å². The number of nitrogens with zero attached hydrogens (tertiary/aromatic N) is 3. The van der Waals surface area contributed by atoms with E-state index in [1.807, 2.05) is 6.92 Å². The lowest BCUT2D eigenvalue weighted by Crippen LogP contribution is -2.40. The molecule has 110 valence electrons. The van der Waals surface area contributed by atoms with Crippen molar-refractivity contribution in [2.75, 3.05) is 36.9 Å². The van der Waals surface area contributed by atoms with Gasteiger partial charge in [0.25, 0.3) is 0 Å². The normalized spacial score (nSPS) is 16.1. The van der Waals surface area contributed by atoms with E-state index in [0.29, 0.717) is 5.95 Å². The van der Waals surface area contributed by atoms with Gasteiger partial charge in [-0.2, -0.15) is 4.98 Å². The molecule has 0 atom stereocenters. The molecule has 0 unspecified atom stereocenters. The molecular formula is C13H20BrN5O. The summed E-state index contributed by atoms with van der Waals surface area (Å²) in [5.41, 5.74) is 0. The summed E-state index contributed by atoms with van der Waals surface area (Å²) < 4.78 is 0.887. The number of anilines is 2. The maximum Gasteiger partial charge on any atom is 0.224 e. The molecule has 0 bridgehead atoms. The van der Waals surface area contributed by atoms with Gasteiger partial charge < -0.3 is 15.5 Å². The number of hydrogen-bond acceptors (Lipinski definition) is 5. The Morgan fingerprint density at radius 3 is 2.80 bits per heavy atom. The zero-order valence-corrected chi connectivity index (χ0v) is 13.4. The van der Waals surface area contributed by atoms with Gasteiger partial charge in [0.1, 0.15) is 5.82 Å². The largest absolute Gasteiger partial charge is 0.359 e. The smallest absolute Gasteiger partial charge is 0.224 e. The van der Waals surface area contributed by atoms with Gasteiger partial charge >= 0.3 is 0 Å². The van der Waals surface area contributed by atoms with Gasteiger partial charge in [0.05, 0.1) is 4.47 Å². The highest BCUT2D eigenvalue weighted by molar-refractivity contribution is 9.10. The Morgan fingerprint density at radius 1 is 1.50 bits per heavy atom. The average molecular weight is 342 g/mol. The second-order valence-corrected chi connectivity index (χ2v) is 5.63. The van der Waals surface area contributed by atoms with Gasteiger partial charge in [-0.3, -0.25) is 4.79 Å². The van der Waals surface area contributed by atoms with E-state index in [1.54, 1.807) is 13.2 Å². The molecule has 6 nitrogen and oxygen atoms in total. The highest BCUT2D eigenvalue weighted by Crippen LogP contribution is 2.28. The Labute approximate surface area is 127 Å². The maximum atomic E-state index is 11.6. The Kier molecular flexibility index (Phi) is 5.17. The number of carbonyl (C=O) groups is 1. The molecule has 1 fully saturated rings. The highest BCUT2D eigenvalue weighted by Gasteiger charge is 2.26. The summed E-state index contributed by atoms with van der Waals surface area (Å²) in [5, 5.41) is 5.84. The zero-order chi connectivity index (χ0) is 14.5. The summed E-state index contributed by atoms with van der Waals surface area (Å²) >= 11 is 3.50. The number of rotatable bonds is 4. The van der Waals surface area contributed by atoms with Gasteiger partial charge in [0, 0.05) is 38.8 Å². The first-order valence-corrected chi connectivity index (χ1v) is 7.68. The van der Waals surface area contributed by atoms with Crippen LogP contribution in [-0.2, 0) is 4.79 Å². The van der Waals surface area contributed by atoms with Gasteiger partial charge in [-0.25, -0.2) is 4.98 Å². The van der Waals surface area contributed by atoms with Crippen LogP contribution >= 0.6 is 15.9 Å². The van der Waals surface area contributed by atoms with E-state index in [2.05, 4.69) is 41.4 Å². The summed E-state index contributed by atoms with van der Waals surface area (Å²) in [5.74, 6) is 1.79. The summed E-state index contributed by atoms with van der Waals surface area (Å²) in [7, 11) is 1.69. The molecule has 0 radical (unpaired) electrons. The van der Waals surface area contributed by atoms with Crippen LogP contribution < -0.4 is 15.5 Å². The van der Waals surface area contributed by atoms with E-state index >= 15 is 0 Å². The molecule has 1 aromatic rings. The van der Waals surface area contributed by atoms with E-state index in [9.17, 15) is 4.79 Å². The highest BCUT2D eigenvalue weighted by atomic mass is 79.9. The molecule has 1 amide bonds. The molecule has 1 saturated heterocycles. The quantitative estimate of drug-likeness (QED) is 0.871. The van der Waals surface area contributed by atoms with Crippen LogP contribution in [0.1, 0.15) is 19.8 Å². The third-order valence-electron chi connectivity index (χ3n) is 3.47. The molecule has 0 aliphatic carbocycles. The van der Waals surface area contributed by atoms with Crippen molar-refractivity contribution >= 4 is 33.6 Å². The van der Waals surface area contributed by atoms with Crippen LogP contribution in [0.3, 0.4) is 0 Å². The second-order valence-electron chi connectivity index (χ2n) is 4.77. The summed E-state index contributed by atoms with van der Waals surface area (Å²) in [6.07, 6.45) is 3.48. The van der Waals surface area contributed by atoms with Gasteiger partial charge in [-0.1, -0.05) is 0 Å². The van der Waals surface area contributed by atoms with Gasteiger partial charge in [-0.05, 0) is 35.7 Å². The molecule has 1 aliphatic rings. The number of aromatic nitrogens is 2. The predicted octanol–water partition coefficient (Wildman–Crippen LogP) is 1.63. The van der Waals surface area contributed by atoms with Crippen LogP contribution in [0.15, 0.2) is 10.7 Å². The Morgan fingerprint density at radius 2 is 2.20 bits per heavy atom. The van der Waals surface area contributed by atoms with Crippen molar-refractivity contribution in [2.24, 2.45) is 5.92 Å². The first-order chi connectivity index (χ1) is 9.65. The number of halogens is 1. The van der Waals surface area contributed by atoms with Crippen molar-refractivity contribution in [2.45, 2.75) is 19.8 Å². The fourth-order valence-corrected chi connectivity index (χ4v) is 2.82. The lowest BCUT2D eigenvalue weighted by Gasteiger charge is -2.32. The molecule has 7 heteroatoms. The Hall–Kier alpha value is -1.37. The van der Waals surface area contributed by atoms with Gasteiger partial charge in [-0.15, -0.1) is 0 Å². The van der Waals surface area contributed by atoms with E-state index < -0.39 is 0 Å². The molecule has 20 heavy (non-hydrogen) atoms. The van der Waals surface area contributed by atoms with Crippen LogP contribution in [0.4, 0.5) is 11.8 Å². The fraction of sp³-hybridized carbons (Fsp3) is 0.615. The van der Waals surface area contributed by atoms with Crippen LogP contribution in [0, 0.1) is 5.92 Å². The van der Waals surface area contributed by atoms with E-state index in [1.165, 1.54) is 0 Å². The summed E-state index contributed by atoms with van der Waals surface area (Å²) in [6.45, 7) is 4.47. The monoisotopic (exact) mass is 341 g/mol. The lowest BCUT2D eigenvalue weighted by molar-refractivity contribution is -0.125. The van der Waals surface area contributed by atoms with Crippen LogP contribution in [-0.4, -0.2) is 42.6 Å². The molecule has 0 aromatic carbocycles. The minimum absolute atomic E-state index is 0.116. The zero-order valence-electron chi connectivity index (χ0n) is 11.8. The van der Waals surface area contributed by atoms with Crippen molar-refractivity contribution in [1.82, 2.24) is 15.3 Å². The minimum atomic E-state index is 0.116. The van der Waals surface area contributed by atoms with E-state index in [-0.39, 0.29) is 11.8 Å². The number of hydrogen-bond donors (Lipinski definition) is 2. The molecule has 0 spiro atoms. The Balaban J connectivity index is 2.06. The third kappa shape index (κ3) is 3.39. The SMILES string of the molecule is CCNc1ncc(Br)c(N2CCC(C(=O)NC)CC2)n1. The molecule has 0 saturated carbocycles. The number of nitrogens with one attached hydrogen (secondary N) is 2. The fourth-order valence-electron chi connectivity index (χ4n) is 2.38. The lowest BCUT2D eigenvalue weighted by atomic mass is 9.96. The van der Waals surface area contributed by atoms with Crippen LogP contribution in [0.25, 0.3) is 0 Å². The van der Waals surface area contributed by atoms with Crippen molar-refractivity contribution in [3.05, 3.63) is 10.7 Å². The third-order valence-corrected chi connectivity index (χ3v) is 4.03. The molecule has 2 heterocycles. The van der Waals surface area contributed by atoms with Crippen molar-refractivity contribution < 1.29 is 4.79 Å². The van der Waals surface area contributed by atoms with Gasteiger partial charge in [0.15, 0.2) is 0 Å². The standard InChI is InChI=1S/C13H20BrN5O/c1-3-16-13-17-8-10(14)11(18-13)19-6-4-9(5-7-19)12(20)15-2/h8-9H,3-7H2,1-2H3,(H,15,20)(H,16,17,18). The topological polar surface area (TPSA) is 70.2 Å². The average Bonchev–Trinajstić information content (AvgIpc) is 2.49. The summed E-state index contributed by atoms with van der Waals surface area (Å²) in [4.78, 5) is 22.6. The molecule has 2 N–H and O–H groups in total. The predicted molar refractivity (Wildman–Crippen MR) is 82.9 cm³/mol. The minimum Gasteiger partial charge on any atom is -0.359 e. The number of amides is 1. The van der Waals surface area contributed by atoms with Gasteiger partial charge in [0.2, 0.25) is 11.9 Å².